The number of carbonyl (C=O) groups is 1. The minimum atomic E-state index is -0.295. The van der Waals surface area contributed by atoms with E-state index in [2.05, 4.69) is 0 Å². The maximum Gasteiger partial charge on any atom is 0.173 e. The van der Waals surface area contributed by atoms with E-state index in [4.69, 9.17) is 17.3 Å². The van der Waals surface area contributed by atoms with Crippen LogP contribution >= 0.6 is 24.0 Å². The van der Waals surface area contributed by atoms with Crippen molar-refractivity contribution < 1.29 is 15.0 Å². The lowest BCUT2D eigenvalue weighted by atomic mass is 10.1. The van der Waals surface area contributed by atoms with Crippen LogP contribution in [0.1, 0.15) is 10.4 Å². The Morgan fingerprint density at radius 3 is 2.53 bits per heavy atom. The Bertz CT molecular complexity index is 446. The predicted molar refractivity (Wildman–Crippen MR) is 72.8 cm³/mol. The van der Waals surface area contributed by atoms with Gasteiger partial charge in [-0.2, -0.15) is 0 Å². The van der Waals surface area contributed by atoms with Crippen LogP contribution in [0.15, 0.2) is 18.2 Å². The first-order valence-corrected chi connectivity index (χ1v) is 6.20. The Kier molecular flexibility index (Phi) is 4.77. The fraction of sp³-hybridized carbons (Fsp3) is 0.273. The number of rotatable bonds is 3. The van der Waals surface area contributed by atoms with Gasteiger partial charge in [0.05, 0.1) is 5.75 Å². The number of thiocarbonyl (C=S) groups is 1. The lowest BCUT2D eigenvalue weighted by Crippen LogP contribution is -2.18. The van der Waals surface area contributed by atoms with E-state index in [1.165, 1.54) is 30.0 Å². The van der Waals surface area contributed by atoms with Gasteiger partial charge in [-0.05, 0) is 18.2 Å². The minimum Gasteiger partial charge on any atom is -0.504 e. The number of carbonyl (C=O) groups excluding carboxylic acids is 1. The van der Waals surface area contributed by atoms with E-state index in [9.17, 15) is 9.90 Å². The fourth-order valence-electron chi connectivity index (χ4n) is 1.04. The molecule has 0 radical (unpaired) electrons. The zero-order valence-electron chi connectivity index (χ0n) is 9.51. The van der Waals surface area contributed by atoms with Crippen molar-refractivity contribution in [2.24, 2.45) is 0 Å². The van der Waals surface area contributed by atoms with Crippen LogP contribution in [0.2, 0.25) is 0 Å². The molecule has 0 saturated heterocycles. The van der Waals surface area contributed by atoms with Gasteiger partial charge in [0, 0.05) is 19.7 Å². The van der Waals surface area contributed by atoms with Gasteiger partial charge in [0.15, 0.2) is 17.3 Å². The summed E-state index contributed by atoms with van der Waals surface area (Å²) in [5, 5.41) is 18.4. The average Bonchev–Trinajstić information content (AvgIpc) is 2.28. The van der Waals surface area contributed by atoms with Crippen molar-refractivity contribution in [1.29, 1.82) is 0 Å². The standard InChI is InChI=1S/C11H13NO3S2/c1-12(2)11(16)17-6-10(15)7-3-4-8(13)9(14)5-7/h3-5,13-14H,6H2,1-2H3. The normalized spacial score (nSPS) is 10.0. The molecule has 0 amide bonds. The number of ketones is 1. The van der Waals surface area contributed by atoms with Crippen LogP contribution in [0.25, 0.3) is 0 Å². The third-order valence-electron chi connectivity index (χ3n) is 1.99. The first kappa shape index (κ1) is 13.8. The van der Waals surface area contributed by atoms with Crippen molar-refractivity contribution in [3.8, 4) is 11.5 Å². The second-order valence-electron chi connectivity index (χ2n) is 3.58. The highest BCUT2D eigenvalue weighted by molar-refractivity contribution is 8.23. The highest BCUT2D eigenvalue weighted by Crippen LogP contribution is 2.25. The van der Waals surface area contributed by atoms with E-state index < -0.39 is 0 Å². The molecule has 2 N–H and O–H groups in total. The van der Waals surface area contributed by atoms with Gasteiger partial charge >= 0.3 is 0 Å². The number of thioether (sulfide) groups is 1. The van der Waals surface area contributed by atoms with Crippen molar-refractivity contribution in [2.45, 2.75) is 0 Å². The summed E-state index contributed by atoms with van der Waals surface area (Å²) >= 11 is 6.30. The van der Waals surface area contributed by atoms with E-state index in [-0.39, 0.29) is 23.0 Å². The molecule has 1 aromatic rings. The molecule has 1 rings (SSSR count). The van der Waals surface area contributed by atoms with Crippen molar-refractivity contribution in [3.63, 3.8) is 0 Å². The molecule has 0 aliphatic rings. The molecule has 0 unspecified atom stereocenters. The van der Waals surface area contributed by atoms with E-state index in [1.807, 2.05) is 14.1 Å². The molecular formula is C11H13NO3S2. The fourth-order valence-corrected chi connectivity index (χ4v) is 1.89. The molecule has 17 heavy (non-hydrogen) atoms. The van der Waals surface area contributed by atoms with Crippen LogP contribution in [0.5, 0.6) is 11.5 Å². The van der Waals surface area contributed by atoms with Gasteiger partial charge in [0.1, 0.15) is 4.32 Å². The molecule has 0 aliphatic heterocycles. The molecule has 0 aromatic heterocycles. The summed E-state index contributed by atoms with van der Waals surface area (Å²) < 4.78 is 0.626. The summed E-state index contributed by atoms with van der Waals surface area (Å²) in [6, 6.07) is 4.01. The molecular weight excluding hydrogens is 258 g/mol. The van der Waals surface area contributed by atoms with Gasteiger partial charge in [0.25, 0.3) is 0 Å². The predicted octanol–water partition coefficient (Wildman–Crippen LogP) is 1.86. The summed E-state index contributed by atoms with van der Waals surface area (Å²) in [6.45, 7) is 0. The SMILES string of the molecule is CN(C)C(=S)SCC(=O)c1ccc(O)c(O)c1. The van der Waals surface area contributed by atoms with E-state index >= 15 is 0 Å². The molecule has 0 aliphatic carbocycles. The maximum absolute atomic E-state index is 11.7. The van der Waals surface area contributed by atoms with Crippen molar-refractivity contribution in [3.05, 3.63) is 23.8 Å². The summed E-state index contributed by atoms with van der Waals surface area (Å²) in [5.41, 5.74) is 0.356. The highest BCUT2D eigenvalue weighted by Gasteiger charge is 2.10. The monoisotopic (exact) mass is 271 g/mol. The number of hydrogen-bond donors (Lipinski definition) is 2. The van der Waals surface area contributed by atoms with Crippen molar-refractivity contribution >= 4 is 34.1 Å². The smallest absolute Gasteiger partial charge is 0.173 e. The van der Waals surface area contributed by atoms with Crippen molar-refractivity contribution in [2.75, 3.05) is 19.8 Å². The van der Waals surface area contributed by atoms with Crippen LogP contribution in [0.4, 0.5) is 0 Å². The Labute approximate surface area is 109 Å². The molecule has 0 bridgehead atoms. The first-order chi connectivity index (χ1) is 7.91. The third kappa shape index (κ3) is 3.90. The number of phenols is 2. The molecule has 6 heteroatoms. The van der Waals surface area contributed by atoms with Gasteiger partial charge in [-0.25, -0.2) is 0 Å². The Morgan fingerprint density at radius 2 is 2.00 bits per heavy atom. The number of phenolic OH excluding ortho intramolecular Hbond substituents is 2. The molecule has 4 nitrogen and oxygen atoms in total. The average molecular weight is 271 g/mol. The Balaban J connectivity index is 2.64. The lowest BCUT2D eigenvalue weighted by molar-refractivity contribution is 0.102. The van der Waals surface area contributed by atoms with Gasteiger partial charge in [0.2, 0.25) is 0 Å². The van der Waals surface area contributed by atoms with Crippen molar-refractivity contribution in [1.82, 2.24) is 4.90 Å². The van der Waals surface area contributed by atoms with Crippen LogP contribution in [-0.4, -0.2) is 45.1 Å². The van der Waals surface area contributed by atoms with Crippen LogP contribution in [-0.2, 0) is 0 Å². The summed E-state index contributed by atoms with van der Waals surface area (Å²) in [5.74, 6) is -0.468. The van der Waals surface area contributed by atoms with E-state index in [0.717, 1.165) is 0 Å². The van der Waals surface area contributed by atoms with Gasteiger partial charge < -0.3 is 15.1 Å². The van der Waals surface area contributed by atoms with Crippen LogP contribution in [0, 0.1) is 0 Å². The maximum atomic E-state index is 11.7. The third-order valence-corrected chi connectivity index (χ3v) is 3.73. The molecule has 0 fully saturated rings. The van der Waals surface area contributed by atoms with Crippen LogP contribution in [0.3, 0.4) is 0 Å². The Morgan fingerprint density at radius 1 is 1.35 bits per heavy atom. The molecule has 0 heterocycles. The van der Waals surface area contributed by atoms with E-state index in [1.54, 1.807) is 4.90 Å². The molecule has 0 saturated carbocycles. The summed E-state index contributed by atoms with van der Waals surface area (Å²) in [4.78, 5) is 13.5. The molecule has 92 valence electrons. The summed E-state index contributed by atoms with van der Waals surface area (Å²) in [6.07, 6.45) is 0. The first-order valence-electron chi connectivity index (χ1n) is 4.81. The number of nitrogens with zero attached hydrogens (tertiary/aromatic N) is 1. The highest BCUT2D eigenvalue weighted by atomic mass is 32.2. The zero-order valence-corrected chi connectivity index (χ0v) is 11.1. The van der Waals surface area contributed by atoms with Gasteiger partial charge in [-0.1, -0.05) is 24.0 Å². The van der Waals surface area contributed by atoms with Crippen LogP contribution < -0.4 is 0 Å². The lowest BCUT2D eigenvalue weighted by Gasteiger charge is -2.12. The van der Waals surface area contributed by atoms with Gasteiger partial charge in [-0.15, -0.1) is 0 Å². The molecule has 1 aromatic carbocycles. The topological polar surface area (TPSA) is 60.8 Å². The quantitative estimate of drug-likeness (QED) is 0.497. The second-order valence-corrected chi connectivity index (χ2v) is 5.18. The number of aromatic hydroxyl groups is 2. The zero-order chi connectivity index (χ0) is 13.0. The number of benzene rings is 1. The Hall–Kier alpha value is -1.27. The molecule has 0 spiro atoms. The summed E-state index contributed by atoms with van der Waals surface area (Å²) in [7, 11) is 3.62. The van der Waals surface area contributed by atoms with Gasteiger partial charge in [-0.3, -0.25) is 4.79 Å². The number of Topliss-reactive ketones (excluding diaryl/α,β-unsaturated/α-hetero) is 1. The number of hydrogen-bond acceptors (Lipinski definition) is 5. The minimum absolute atomic E-state index is 0.144. The molecule has 0 atom stereocenters. The second kappa shape index (κ2) is 5.88. The largest absolute Gasteiger partial charge is 0.504 e. The van der Waals surface area contributed by atoms with E-state index in [0.29, 0.717) is 9.88 Å².